The van der Waals surface area contributed by atoms with Gasteiger partial charge >= 0.3 is 5.97 Å². The van der Waals surface area contributed by atoms with Gasteiger partial charge in [0.1, 0.15) is 0 Å². The number of nitrogens with zero attached hydrogens (tertiary/aromatic N) is 1. The minimum atomic E-state index is -3.66. The highest BCUT2D eigenvalue weighted by atomic mass is 32.2. The number of esters is 1. The SMILES string of the molecule is CCCC(C)NC(=O)COC(=O)c1cc(S(=O)(=O)N(C)C)ccc1C. The summed E-state index contributed by atoms with van der Waals surface area (Å²) in [5.41, 5.74) is 0.694. The molecule has 0 saturated heterocycles. The topological polar surface area (TPSA) is 92.8 Å². The Morgan fingerprint density at radius 2 is 1.92 bits per heavy atom. The van der Waals surface area contributed by atoms with Gasteiger partial charge in [-0.1, -0.05) is 19.4 Å². The number of aryl methyl sites for hydroxylation is 1. The quantitative estimate of drug-likeness (QED) is 0.703. The summed E-state index contributed by atoms with van der Waals surface area (Å²) < 4.78 is 30.4. The molecule has 0 bridgehead atoms. The molecule has 0 saturated carbocycles. The van der Waals surface area contributed by atoms with E-state index in [1.54, 1.807) is 6.92 Å². The van der Waals surface area contributed by atoms with Gasteiger partial charge in [-0.3, -0.25) is 4.79 Å². The van der Waals surface area contributed by atoms with Crippen LogP contribution in [0.3, 0.4) is 0 Å². The molecule has 8 heteroatoms. The number of rotatable bonds is 8. The predicted octanol–water partition coefficient (Wildman–Crippen LogP) is 1.71. The Balaban J connectivity index is 2.84. The monoisotopic (exact) mass is 370 g/mol. The molecule has 1 amide bonds. The summed E-state index contributed by atoms with van der Waals surface area (Å²) in [4.78, 5) is 24.0. The summed E-state index contributed by atoms with van der Waals surface area (Å²) >= 11 is 0. The van der Waals surface area contributed by atoms with Crippen LogP contribution in [0.15, 0.2) is 23.1 Å². The number of carbonyl (C=O) groups excluding carboxylic acids is 2. The second-order valence-electron chi connectivity index (χ2n) is 6.10. The highest BCUT2D eigenvalue weighted by Crippen LogP contribution is 2.18. The van der Waals surface area contributed by atoms with E-state index in [0.717, 1.165) is 17.1 Å². The van der Waals surface area contributed by atoms with Crippen molar-refractivity contribution in [2.45, 2.75) is 44.6 Å². The predicted molar refractivity (Wildman–Crippen MR) is 94.8 cm³/mol. The summed E-state index contributed by atoms with van der Waals surface area (Å²) in [6.07, 6.45) is 1.77. The molecule has 1 aromatic carbocycles. The van der Waals surface area contributed by atoms with Crippen LogP contribution in [0.2, 0.25) is 0 Å². The first kappa shape index (κ1) is 21.1. The normalized spacial score (nSPS) is 12.7. The first-order valence-electron chi connectivity index (χ1n) is 8.09. The van der Waals surface area contributed by atoms with Gasteiger partial charge < -0.3 is 10.1 Å². The van der Waals surface area contributed by atoms with Gasteiger partial charge in [-0.15, -0.1) is 0 Å². The van der Waals surface area contributed by atoms with Gasteiger partial charge in [-0.2, -0.15) is 0 Å². The minimum Gasteiger partial charge on any atom is -0.452 e. The van der Waals surface area contributed by atoms with Crippen LogP contribution < -0.4 is 5.32 Å². The van der Waals surface area contributed by atoms with Crippen molar-refractivity contribution in [2.75, 3.05) is 20.7 Å². The maximum Gasteiger partial charge on any atom is 0.338 e. The lowest BCUT2D eigenvalue weighted by molar-refractivity contribution is -0.124. The summed E-state index contributed by atoms with van der Waals surface area (Å²) in [6.45, 7) is 5.16. The Labute approximate surface area is 149 Å². The van der Waals surface area contributed by atoms with Crippen LogP contribution in [0.4, 0.5) is 0 Å². The van der Waals surface area contributed by atoms with Crippen LogP contribution in [-0.4, -0.2) is 51.3 Å². The molecular weight excluding hydrogens is 344 g/mol. The summed E-state index contributed by atoms with van der Waals surface area (Å²) in [5.74, 6) is -1.12. The number of ether oxygens (including phenoxy) is 1. The van der Waals surface area contributed by atoms with Gasteiger partial charge in [0.2, 0.25) is 10.0 Å². The van der Waals surface area contributed by atoms with Crippen molar-refractivity contribution in [3.63, 3.8) is 0 Å². The second-order valence-corrected chi connectivity index (χ2v) is 8.25. The average Bonchev–Trinajstić information content (AvgIpc) is 2.52. The lowest BCUT2D eigenvalue weighted by atomic mass is 10.1. The fourth-order valence-corrected chi connectivity index (χ4v) is 3.15. The van der Waals surface area contributed by atoms with Crippen molar-refractivity contribution < 1.29 is 22.7 Å². The van der Waals surface area contributed by atoms with Crippen LogP contribution in [0.5, 0.6) is 0 Å². The van der Waals surface area contributed by atoms with Crippen LogP contribution in [0, 0.1) is 6.92 Å². The molecule has 1 atom stereocenters. The molecule has 140 valence electrons. The maximum atomic E-state index is 12.2. The molecule has 1 rings (SSSR count). The largest absolute Gasteiger partial charge is 0.452 e. The maximum absolute atomic E-state index is 12.2. The average molecular weight is 370 g/mol. The molecule has 0 heterocycles. The van der Waals surface area contributed by atoms with Crippen molar-refractivity contribution in [1.29, 1.82) is 0 Å². The fourth-order valence-electron chi connectivity index (χ4n) is 2.22. The van der Waals surface area contributed by atoms with Gasteiger partial charge in [-0.25, -0.2) is 17.5 Å². The molecule has 1 unspecified atom stereocenters. The Morgan fingerprint density at radius 1 is 1.28 bits per heavy atom. The van der Waals surface area contributed by atoms with E-state index < -0.39 is 22.6 Å². The number of sulfonamides is 1. The van der Waals surface area contributed by atoms with Crippen molar-refractivity contribution in [3.8, 4) is 0 Å². The Hall–Kier alpha value is -1.93. The van der Waals surface area contributed by atoms with E-state index in [9.17, 15) is 18.0 Å². The zero-order valence-corrected chi connectivity index (χ0v) is 16.1. The zero-order chi connectivity index (χ0) is 19.2. The third-order valence-corrected chi connectivity index (χ3v) is 5.48. The van der Waals surface area contributed by atoms with E-state index in [2.05, 4.69) is 5.32 Å². The van der Waals surface area contributed by atoms with Crippen LogP contribution >= 0.6 is 0 Å². The molecule has 0 fully saturated rings. The highest BCUT2D eigenvalue weighted by molar-refractivity contribution is 7.89. The number of hydrogen-bond acceptors (Lipinski definition) is 5. The molecule has 1 N–H and O–H groups in total. The number of hydrogen-bond donors (Lipinski definition) is 1. The van der Waals surface area contributed by atoms with E-state index in [0.29, 0.717) is 5.56 Å². The molecule has 0 aliphatic carbocycles. The number of amides is 1. The summed E-state index contributed by atoms with van der Waals surface area (Å²) in [6, 6.07) is 4.24. The summed E-state index contributed by atoms with van der Waals surface area (Å²) in [5, 5.41) is 2.73. The molecule has 0 aliphatic rings. The van der Waals surface area contributed by atoms with Crippen LogP contribution in [0.25, 0.3) is 0 Å². The molecule has 0 aromatic heterocycles. The minimum absolute atomic E-state index is 0.00364. The van der Waals surface area contributed by atoms with Gasteiger partial charge in [0.25, 0.3) is 5.91 Å². The van der Waals surface area contributed by atoms with E-state index in [1.165, 1.54) is 32.3 Å². The Morgan fingerprint density at radius 3 is 2.48 bits per heavy atom. The first-order valence-corrected chi connectivity index (χ1v) is 9.53. The van der Waals surface area contributed by atoms with Gasteiger partial charge in [0.15, 0.2) is 6.61 Å². The van der Waals surface area contributed by atoms with Gasteiger partial charge in [0, 0.05) is 20.1 Å². The molecule has 0 radical (unpaired) electrons. The first-order chi connectivity index (χ1) is 11.6. The lowest BCUT2D eigenvalue weighted by Gasteiger charge is -2.14. The number of benzene rings is 1. The molecular formula is C17H26N2O5S. The molecule has 25 heavy (non-hydrogen) atoms. The summed E-state index contributed by atoms with van der Waals surface area (Å²) in [7, 11) is -0.834. The molecule has 0 spiro atoms. The van der Waals surface area contributed by atoms with Gasteiger partial charge in [0.05, 0.1) is 10.5 Å². The molecule has 1 aromatic rings. The second kappa shape index (κ2) is 8.96. The van der Waals surface area contributed by atoms with Gasteiger partial charge in [-0.05, 0) is 38.0 Å². The van der Waals surface area contributed by atoms with E-state index in [1.807, 2.05) is 13.8 Å². The van der Waals surface area contributed by atoms with Crippen LogP contribution in [0.1, 0.15) is 42.6 Å². The van der Waals surface area contributed by atoms with Crippen molar-refractivity contribution in [2.24, 2.45) is 0 Å². The van der Waals surface area contributed by atoms with Crippen molar-refractivity contribution in [3.05, 3.63) is 29.3 Å². The Bertz CT molecular complexity index is 729. The zero-order valence-electron chi connectivity index (χ0n) is 15.3. The smallest absolute Gasteiger partial charge is 0.338 e. The molecule has 0 aliphatic heterocycles. The lowest BCUT2D eigenvalue weighted by Crippen LogP contribution is -2.35. The third kappa shape index (κ3) is 5.82. The standard InChI is InChI=1S/C17H26N2O5S/c1-6-7-13(3)18-16(20)11-24-17(21)15-10-14(9-8-12(15)2)25(22,23)19(4)5/h8-10,13H,6-7,11H2,1-5H3,(H,18,20). The van der Waals surface area contributed by atoms with E-state index >= 15 is 0 Å². The number of carbonyl (C=O) groups is 2. The van der Waals surface area contributed by atoms with Crippen LogP contribution in [-0.2, 0) is 19.6 Å². The fraction of sp³-hybridized carbons (Fsp3) is 0.529. The number of nitrogens with one attached hydrogen (secondary N) is 1. The molecule has 7 nitrogen and oxygen atoms in total. The third-order valence-electron chi connectivity index (χ3n) is 3.67. The highest BCUT2D eigenvalue weighted by Gasteiger charge is 2.21. The van der Waals surface area contributed by atoms with E-state index in [-0.39, 0.29) is 22.4 Å². The Kier molecular flexibility index (Phi) is 7.57. The van der Waals surface area contributed by atoms with Crippen molar-refractivity contribution in [1.82, 2.24) is 9.62 Å². The van der Waals surface area contributed by atoms with E-state index in [4.69, 9.17) is 4.74 Å². The van der Waals surface area contributed by atoms with Crippen molar-refractivity contribution >= 4 is 21.9 Å².